The van der Waals surface area contributed by atoms with Gasteiger partial charge in [0.1, 0.15) is 5.78 Å². The summed E-state index contributed by atoms with van der Waals surface area (Å²) in [5.41, 5.74) is -0.310. The van der Waals surface area contributed by atoms with Crippen molar-refractivity contribution >= 4 is 17.3 Å². The topological polar surface area (TPSA) is 51.2 Å². The van der Waals surface area contributed by atoms with Gasteiger partial charge in [0, 0.05) is 35.7 Å². The van der Waals surface area contributed by atoms with Crippen molar-refractivity contribution < 1.29 is 14.4 Å². The van der Waals surface area contributed by atoms with Gasteiger partial charge in [-0.3, -0.25) is 14.4 Å². The lowest BCUT2D eigenvalue weighted by atomic mass is 9.41. The number of rotatable bonds is 4. The molecule has 31 heavy (non-hydrogen) atoms. The Kier molecular flexibility index (Phi) is 5.50. The summed E-state index contributed by atoms with van der Waals surface area (Å²) in [7, 11) is 0. The third-order valence-corrected chi connectivity index (χ3v) is 10.3. The molecule has 3 fully saturated rings. The van der Waals surface area contributed by atoms with Crippen LogP contribution in [0.3, 0.4) is 0 Å². The molecule has 170 valence electrons. The normalized spacial score (nSPS) is 42.3. The van der Waals surface area contributed by atoms with Crippen LogP contribution in [-0.2, 0) is 14.4 Å². The van der Waals surface area contributed by atoms with Gasteiger partial charge in [0.15, 0.2) is 11.6 Å². The van der Waals surface area contributed by atoms with E-state index in [1.54, 1.807) is 6.08 Å². The third-order valence-electron chi connectivity index (χ3n) is 10.3. The highest BCUT2D eigenvalue weighted by Gasteiger charge is 2.72. The van der Waals surface area contributed by atoms with Crippen LogP contribution in [0.15, 0.2) is 23.8 Å². The Hall–Kier alpha value is -1.51. The average Bonchev–Trinajstić information content (AvgIpc) is 3.03. The van der Waals surface area contributed by atoms with E-state index < -0.39 is 5.41 Å². The maximum absolute atomic E-state index is 13.7. The quantitative estimate of drug-likeness (QED) is 0.511. The molecule has 0 aromatic heterocycles. The second-order valence-electron chi connectivity index (χ2n) is 11.9. The summed E-state index contributed by atoms with van der Waals surface area (Å²) in [5, 5.41) is 0. The van der Waals surface area contributed by atoms with Gasteiger partial charge in [-0.2, -0.15) is 0 Å². The van der Waals surface area contributed by atoms with Gasteiger partial charge in [0.25, 0.3) is 0 Å². The van der Waals surface area contributed by atoms with Crippen LogP contribution in [0, 0.1) is 45.8 Å². The molecule has 3 saturated carbocycles. The molecule has 0 bridgehead atoms. The molecule has 0 saturated heterocycles. The van der Waals surface area contributed by atoms with Gasteiger partial charge < -0.3 is 0 Å². The number of fused-ring (bicyclic) bond motifs is 2. The highest BCUT2D eigenvalue weighted by atomic mass is 16.1. The molecule has 0 aromatic carbocycles. The monoisotopic (exact) mass is 424 g/mol. The summed E-state index contributed by atoms with van der Waals surface area (Å²) in [6.07, 6.45) is 11.4. The molecule has 0 aromatic rings. The summed E-state index contributed by atoms with van der Waals surface area (Å²) in [5.74, 6) is 2.60. The molecule has 3 heteroatoms. The Labute approximate surface area is 188 Å². The molecule has 0 heterocycles. The molecule has 0 radical (unpaired) electrons. The van der Waals surface area contributed by atoms with Crippen LogP contribution in [0.25, 0.3) is 0 Å². The van der Waals surface area contributed by atoms with Crippen molar-refractivity contribution in [3.05, 3.63) is 23.8 Å². The van der Waals surface area contributed by atoms with Gasteiger partial charge in [0.2, 0.25) is 0 Å². The average molecular weight is 425 g/mol. The van der Waals surface area contributed by atoms with Crippen LogP contribution < -0.4 is 0 Å². The zero-order valence-electron chi connectivity index (χ0n) is 20.3. The lowest BCUT2D eigenvalue weighted by molar-refractivity contribution is -0.164. The minimum atomic E-state index is -0.550. The minimum absolute atomic E-state index is 0.0607. The van der Waals surface area contributed by atoms with Crippen LogP contribution in [0.5, 0.6) is 0 Å². The van der Waals surface area contributed by atoms with E-state index in [0.29, 0.717) is 55.1 Å². The molecule has 0 unspecified atom stereocenters. The number of hydrogen-bond donors (Lipinski definition) is 0. The maximum atomic E-state index is 13.7. The molecule has 0 N–H and O–H groups in total. The van der Waals surface area contributed by atoms with Gasteiger partial charge in [-0.1, -0.05) is 53.7 Å². The summed E-state index contributed by atoms with van der Waals surface area (Å²) in [4.78, 5) is 39.3. The van der Waals surface area contributed by atoms with Gasteiger partial charge in [0.05, 0.1) is 0 Å². The first-order valence-electron chi connectivity index (χ1n) is 12.5. The van der Waals surface area contributed by atoms with Crippen molar-refractivity contribution in [2.24, 2.45) is 45.8 Å². The summed E-state index contributed by atoms with van der Waals surface area (Å²) in [6.45, 7) is 13.6. The summed E-state index contributed by atoms with van der Waals surface area (Å²) >= 11 is 0. The van der Waals surface area contributed by atoms with Crippen molar-refractivity contribution in [3.8, 4) is 0 Å². The standard InChI is InChI=1S/C28H40O3/c1-17(2)18(3)7-8-19(4)21-9-10-25(31)28-16-23(30)22-15-20(29)11-13-26(22,5)24(28)12-14-27(21,28)6/h7-8,15,17-19,21,24H,9-14,16H2,1-6H3/t18-,19+,21+,24+,26-,27+,28-/m0/s1. The van der Waals surface area contributed by atoms with Crippen LogP contribution in [0.1, 0.15) is 86.5 Å². The summed E-state index contributed by atoms with van der Waals surface area (Å²) in [6, 6.07) is 0. The van der Waals surface area contributed by atoms with E-state index in [1.807, 2.05) is 0 Å². The van der Waals surface area contributed by atoms with Crippen molar-refractivity contribution in [2.45, 2.75) is 86.5 Å². The number of Topliss-reactive ketones (excluding diaryl/α,β-unsaturated/α-hetero) is 2. The highest BCUT2D eigenvalue weighted by molar-refractivity contribution is 6.08. The molecule has 4 rings (SSSR count). The van der Waals surface area contributed by atoms with Crippen molar-refractivity contribution in [1.29, 1.82) is 0 Å². The molecule has 4 aliphatic carbocycles. The Bertz CT molecular complexity index is 863. The van der Waals surface area contributed by atoms with Gasteiger partial charge >= 0.3 is 0 Å². The van der Waals surface area contributed by atoms with Crippen LogP contribution in [0.4, 0.5) is 0 Å². The first-order valence-corrected chi connectivity index (χ1v) is 12.5. The van der Waals surface area contributed by atoms with E-state index in [-0.39, 0.29) is 28.3 Å². The molecule has 7 atom stereocenters. The van der Waals surface area contributed by atoms with E-state index in [2.05, 4.69) is 53.7 Å². The predicted molar refractivity (Wildman–Crippen MR) is 123 cm³/mol. The SMILES string of the molecule is CC(C)[C@@H](C)C=C[C@@H](C)[C@H]1CCC(=O)[C@]23CC(=O)C4=CC(=O)CC[C@]4(C)[C@H]2CC[C@]13C. The van der Waals surface area contributed by atoms with E-state index in [9.17, 15) is 14.4 Å². The lowest BCUT2D eigenvalue weighted by Gasteiger charge is -2.60. The van der Waals surface area contributed by atoms with Crippen molar-refractivity contribution in [3.63, 3.8) is 0 Å². The Morgan fingerprint density at radius 2 is 1.68 bits per heavy atom. The minimum Gasteiger partial charge on any atom is -0.299 e. The fourth-order valence-corrected chi connectivity index (χ4v) is 8.03. The molecule has 1 spiro atoms. The van der Waals surface area contributed by atoms with Crippen LogP contribution >= 0.6 is 0 Å². The van der Waals surface area contributed by atoms with E-state index in [1.165, 1.54) is 0 Å². The van der Waals surface area contributed by atoms with E-state index in [4.69, 9.17) is 0 Å². The molecule has 4 aliphatic rings. The van der Waals surface area contributed by atoms with Crippen LogP contribution in [-0.4, -0.2) is 17.3 Å². The zero-order valence-corrected chi connectivity index (χ0v) is 20.3. The van der Waals surface area contributed by atoms with Crippen LogP contribution in [0.2, 0.25) is 0 Å². The summed E-state index contributed by atoms with van der Waals surface area (Å²) < 4.78 is 0. The second kappa shape index (κ2) is 7.52. The van der Waals surface area contributed by atoms with E-state index in [0.717, 1.165) is 24.8 Å². The first-order chi connectivity index (χ1) is 14.5. The van der Waals surface area contributed by atoms with Gasteiger partial charge in [-0.25, -0.2) is 0 Å². The van der Waals surface area contributed by atoms with Crippen molar-refractivity contribution in [2.75, 3.05) is 0 Å². The smallest absolute Gasteiger partial charge is 0.160 e. The van der Waals surface area contributed by atoms with Gasteiger partial charge in [-0.05, 0) is 66.8 Å². The number of hydrogen-bond acceptors (Lipinski definition) is 3. The Balaban J connectivity index is 1.74. The number of carbonyl (C=O) groups is 3. The lowest BCUT2D eigenvalue weighted by Crippen LogP contribution is -2.61. The fraction of sp³-hybridized carbons (Fsp3) is 0.750. The molecular formula is C28H40O3. The number of allylic oxidation sites excluding steroid dienone is 4. The highest BCUT2D eigenvalue weighted by Crippen LogP contribution is 2.73. The number of ketones is 3. The predicted octanol–water partition coefficient (Wildman–Crippen LogP) is 6.12. The first kappa shape index (κ1) is 22.7. The molecular weight excluding hydrogens is 384 g/mol. The maximum Gasteiger partial charge on any atom is 0.160 e. The molecule has 0 amide bonds. The van der Waals surface area contributed by atoms with Crippen molar-refractivity contribution in [1.82, 2.24) is 0 Å². The second-order valence-corrected chi connectivity index (χ2v) is 11.9. The third kappa shape index (κ3) is 3.09. The number of carbonyl (C=O) groups excluding carboxylic acids is 3. The fourth-order valence-electron chi connectivity index (χ4n) is 8.03. The Morgan fingerprint density at radius 3 is 2.35 bits per heavy atom. The van der Waals surface area contributed by atoms with E-state index >= 15 is 0 Å². The Morgan fingerprint density at radius 1 is 0.968 bits per heavy atom. The largest absolute Gasteiger partial charge is 0.299 e. The van der Waals surface area contributed by atoms with Gasteiger partial charge in [-0.15, -0.1) is 0 Å². The molecule has 3 nitrogen and oxygen atoms in total. The zero-order chi connectivity index (χ0) is 22.8. The molecule has 0 aliphatic heterocycles.